The number of rotatable bonds is 7. The molecule has 3 aromatic rings. The van der Waals surface area contributed by atoms with Crippen LogP contribution in [0.1, 0.15) is 49.8 Å². The lowest BCUT2D eigenvalue weighted by Crippen LogP contribution is -2.36. The average Bonchev–Trinajstić information content (AvgIpc) is 3.29. The van der Waals surface area contributed by atoms with Gasteiger partial charge >= 0.3 is 0 Å². The second-order valence-corrected chi connectivity index (χ2v) is 6.39. The van der Waals surface area contributed by atoms with E-state index in [0.29, 0.717) is 19.0 Å². The van der Waals surface area contributed by atoms with Crippen LogP contribution in [-0.2, 0) is 13.1 Å². The van der Waals surface area contributed by atoms with Gasteiger partial charge in [-0.25, -0.2) is 0 Å². The summed E-state index contributed by atoms with van der Waals surface area (Å²) in [5, 5.41) is 12.0. The SMILES string of the molecule is CCC(CC)c1cc(CNC(=NC)NCc2cc3ccccc3[nH]2)on1. The van der Waals surface area contributed by atoms with Gasteiger partial charge in [0.1, 0.15) is 0 Å². The summed E-state index contributed by atoms with van der Waals surface area (Å²) < 4.78 is 5.45. The smallest absolute Gasteiger partial charge is 0.191 e. The van der Waals surface area contributed by atoms with Gasteiger partial charge < -0.3 is 20.1 Å². The summed E-state index contributed by atoms with van der Waals surface area (Å²) in [5.41, 5.74) is 3.29. The summed E-state index contributed by atoms with van der Waals surface area (Å²) in [4.78, 5) is 7.67. The quantitative estimate of drug-likeness (QED) is 0.444. The molecule has 0 atom stereocenters. The first-order valence-electron chi connectivity index (χ1n) is 9.20. The third-order valence-corrected chi connectivity index (χ3v) is 4.67. The molecule has 0 aliphatic carbocycles. The fourth-order valence-corrected chi connectivity index (χ4v) is 3.11. The lowest BCUT2D eigenvalue weighted by Gasteiger charge is -2.09. The standard InChI is InChI=1S/C20H27N5O/c1-4-14(5-2)19-11-17(26-25-19)13-23-20(21-3)22-12-16-10-15-8-6-7-9-18(15)24-16/h6-11,14,24H,4-5,12-13H2,1-3H3,(H2,21,22,23). The van der Waals surface area contributed by atoms with Crippen molar-refractivity contribution in [1.82, 2.24) is 20.8 Å². The summed E-state index contributed by atoms with van der Waals surface area (Å²) >= 11 is 0. The van der Waals surface area contributed by atoms with Gasteiger partial charge in [-0.2, -0.15) is 0 Å². The van der Waals surface area contributed by atoms with Gasteiger partial charge in [-0.1, -0.05) is 37.2 Å². The number of guanidine groups is 1. The van der Waals surface area contributed by atoms with Crippen LogP contribution in [0.25, 0.3) is 10.9 Å². The van der Waals surface area contributed by atoms with Crippen molar-refractivity contribution in [2.45, 2.75) is 45.7 Å². The van der Waals surface area contributed by atoms with Crippen molar-refractivity contribution in [3.63, 3.8) is 0 Å². The number of nitrogens with one attached hydrogen (secondary N) is 3. The normalized spacial score (nSPS) is 12.1. The lowest BCUT2D eigenvalue weighted by atomic mass is 9.99. The number of aromatic amines is 1. The maximum absolute atomic E-state index is 5.45. The lowest BCUT2D eigenvalue weighted by molar-refractivity contribution is 0.368. The minimum absolute atomic E-state index is 0.465. The predicted molar refractivity (Wildman–Crippen MR) is 105 cm³/mol. The van der Waals surface area contributed by atoms with Crippen LogP contribution >= 0.6 is 0 Å². The van der Waals surface area contributed by atoms with Crippen molar-refractivity contribution < 1.29 is 4.52 Å². The second kappa shape index (κ2) is 8.56. The number of H-pyrrole nitrogens is 1. The van der Waals surface area contributed by atoms with Gasteiger partial charge in [0.25, 0.3) is 0 Å². The van der Waals surface area contributed by atoms with Crippen molar-refractivity contribution in [2.24, 2.45) is 4.99 Å². The van der Waals surface area contributed by atoms with E-state index in [0.717, 1.165) is 41.5 Å². The zero-order valence-electron chi connectivity index (χ0n) is 15.7. The summed E-state index contributed by atoms with van der Waals surface area (Å²) in [5.74, 6) is 2.01. The molecule has 0 amide bonds. The molecule has 1 aromatic carbocycles. The van der Waals surface area contributed by atoms with E-state index in [4.69, 9.17) is 4.52 Å². The van der Waals surface area contributed by atoms with Crippen molar-refractivity contribution >= 4 is 16.9 Å². The molecule has 6 nitrogen and oxygen atoms in total. The summed E-state index contributed by atoms with van der Waals surface area (Å²) in [6.07, 6.45) is 2.15. The molecule has 6 heteroatoms. The Morgan fingerprint density at radius 2 is 1.92 bits per heavy atom. The molecule has 0 unspecified atom stereocenters. The molecule has 2 aromatic heterocycles. The molecule has 0 aliphatic rings. The monoisotopic (exact) mass is 353 g/mol. The summed E-state index contributed by atoms with van der Waals surface area (Å²) in [6.45, 7) is 5.58. The third kappa shape index (κ3) is 4.25. The van der Waals surface area contributed by atoms with Crippen LogP contribution in [0.15, 0.2) is 45.9 Å². The highest BCUT2D eigenvalue weighted by Crippen LogP contribution is 2.22. The number of hydrogen-bond acceptors (Lipinski definition) is 3. The molecule has 2 heterocycles. The van der Waals surface area contributed by atoms with Gasteiger partial charge in [-0.3, -0.25) is 4.99 Å². The van der Waals surface area contributed by atoms with Crippen LogP contribution in [0.5, 0.6) is 0 Å². The molecule has 0 saturated carbocycles. The van der Waals surface area contributed by atoms with Crippen molar-refractivity contribution in [3.05, 3.63) is 53.5 Å². The van der Waals surface area contributed by atoms with E-state index in [1.54, 1.807) is 7.05 Å². The third-order valence-electron chi connectivity index (χ3n) is 4.67. The molecular weight excluding hydrogens is 326 g/mol. The second-order valence-electron chi connectivity index (χ2n) is 6.39. The first kappa shape index (κ1) is 18.0. The maximum atomic E-state index is 5.45. The highest BCUT2D eigenvalue weighted by Gasteiger charge is 2.13. The Balaban J connectivity index is 1.53. The number of aromatic nitrogens is 2. The van der Waals surface area contributed by atoms with Gasteiger partial charge in [0.15, 0.2) is 11.7 Å². The maximum Gasteiger partial charge on any atom is 0.191 e. The van der Waals surface area contributed by atoms with Crippen LogP contribution in [0.2, 0.25) is 0 Å². The fourth-order valence-electron chi connectivity index (χ4n) is 3.11. The van der Waals surface area contributed by atoms with Gasteiger partial charge in [-0.15, -0.1) is 0 Å². The molecule has 0 bridgehead atoms. The Morgan fingerprint density at radius 3 is 2.65 bits per heavy atom. The molecule has 138 valence electrons. The molecule has 0 spiro atoms. The Labute approximate surface area is 154 Å². The summed E-state index contributed by atoms with van der Waals surface area (Å²) in [7, 11) is 1.76. The number of nitrogens with zero attached hydrogens (tertiary/aromatic N) is 2. The largest absolute Gasteiger partial charge is 0.359 e. The van der Waals surface area contributed by atoms with E-state index in [1.807, 2.05) is 18.2 Å². The van der Waals surface area contributed by atoms with Crippen LogP contribution in [0.4, 0.5) is 0 Å². The van der Waals surface area contributed by atoms with Crippen molar-refractivity contribution in [2.75, 3.05) is 7.05 Å². The first-order chi connectivity index (χ1) is 12.7. The number of fused-ring (bicyclic) bond motifs is 1. The van der Waals surface area contributed by atoms with E-state index in [9.17, 15) is 0 Å². The van der Waals surface area contributed by atoms with Gasteiger partial charge in [0, 0.05) is 30.2 Å². The van der Waals surface area contributed by atoms with Crippen molar-refractivity contribution in [1.29, 1.82) is 0 Å². The predicted octanol–water partition coefficient (Wildman–Crippen LogP) is 3.92. The van der Waals surface area contributed by atoms with E-state index < -0.39 is 0 Å². The van der Waals surface area contributed by atoms with Gasteiger partial charge in [-0.05, 0) is 30.4 Å². The average molecular weight is 353 g/mol. The zero-order valence-corrected chi connectivity index (χ0v) is 15.7. The van der Waals surface area contributed by atoms with Gasteiger partial charge in [0.05, 0.1) is 18.8 Å². The van der Waals surface area contributed by atoms with E-state index in [2.05, 4.69) is 57.8 Å². The first-order valence-corrected chi connectivity index (χ1v) is 9.20. The molecule has 3 rings (SSSR count). The Bertz CT molecular complexity index is 827. The highest BCUT2D eigenvalue weighted by molar-refractivity contribution is 5.81. The van der Waals surface area contributed by atoms with Crippen molar-refractivity contribution in [3.8, 4) is 0 Å². The van der Waals surface area contributed by atoms with Crippen LogP contribution in [-0.4, -0.2) is 23.1 Å². The molecule has 0 fully saturated rings. The topological polar surface area (TPSA) is 78.2 Å². The minimum Gasteiger partial charge on any atom is -0.359 e. The van der Waals surface area contributed by atoms with Crippen LogP contribution in [0, 0.1) is 0 Å². The zero-order chi connectivity index (χ0) is 18.4. The number of para-hydroxylation sites is 1. The Kier molecular flexibility index (Phi) is 5.94. The van der Waals surface area contributed by atoms with Crippen LogP contribution < -0.4 is 10.6 Å². The molecule has 0 aliphatic heterocycles. The molecule has 3 N–H and O–H groups in total. The minimum atomic E-state index is 0.465. The molecule has 26 heavy (non-hydrogen) atoms. The Morgan fingerprint density at radius 1 is 1.15 bits per heavy atom. The Hall–Kier alpha value is -2.76. The number of benzene rings is 1. The highest BCUT2D eigenvalue weighted by atomic mass is 16.5. The summed E-state index contributed by atoms with van der Waals surface area (Å²) in [6, 6.07) is 12.4. The van der Waals surface area contributed by atoms with Crippen LogP contribution in [0.3, 0.4) is 0 Å². The molecule has 0 radical (unpaired) electrons. The molecular formula is C20H27N5O. The van der Waals surface area contributed by atoms with E-state index >= 15 is 0 Å². The van der Waals surface area contributed by atoms with E-state index in [1.165, 1.54) is 5.39 Å². The van der Waals surface area contributed by atoms with E-state index in [-0.39, 0.29) is 0 Å². The number of hydrogen-bond donors (Lipinski definition) is 3. The van der Waals surface area contributed by atoms with Gasteiger partial charge in [0.2, 0.25) is 0 Å². The fraction of sp³-hybridized carbons (Fsp3) is 0.400. The number of aliphatic imine (C=N–C) groups is 1. The molecule has 0 saturated heterocycles.